The Morgan fingerprint density at radius 1 is 1.30 bits per heavy atom. The van der Waals surface area contributed by atoms with E-state index >= 15 is 0 Å². The third-order valence-corrected chi connectivity index (χ3v) is 4.15. The predicted molar refractivity (Wildman–Crippen MR) is 83.8 cm³/mol. The SMILES string of the molecule is Cc1nc2c(C(=O)N[C@@H]3C[C@H]3c3cccc(F)c3)cccc2o1. The Kier molecular flexibility index (Phi) is 3.15. The quantitative estimate of drug-likeness (QED) is 0.804. The van der Waals surface area contributed by atoms with E-state index in [1.54, 1.807) is 31.2 Å². The van der Waals surface area contributed by atoms with E-state index < -0.39 is 0 Å². The summed E-state index contributed by atoms with van der Waals surface area (Å²) in [4.78, 5) is 16.8. The van der Waals surface area contributed by atoms with Crippen LogP contribution in [0.4, 0.5) is 4.39 Å². The fourth-order valence-corrected chi connectivity index (χ4v) is 2.95. The highest BCUT2D eigenvalue weighted by Gasteiger charge is 2.40. The number of fused-ring (bicyclic) bond motifs is 1. The molecule has 4 rings (SSSR count). The van der Waals surface area contributed by atoms with E-state index in [1.807, 2.05) is 6.07 Å². The average molecular weight is 310 g/mol. The summed E-state index contributed by atoms with van der Waals surface area (Å²) in [6.45, 7) is 1.75. The van der Waals surface area contributed by atoms with Gasteiger partial charge in [0, 0.05) is 18.9 Å². The van der Waals surface area contributed by atoms with E-state index in [0.717, 1.165) is 12.0 Å². The van der Waals surface area contributed by atoms with Crippen molar-refractivity contribution >= 4 is 17.0 Å². The Bertz CT molecular complexity index is 903. The number of aryl methyl sites for hydroxylation is 1. The summed E-state index contributed by atoms with van der Waals surface area (Å²) in [6.07, 6.45) is 0.822. The van der Waals surface area contributed by atoms with Crippen LogP contribution < -0.4 is 5.32 Å². The lowest BCUT2D eigenvalue weighted by Crippen LogP contribution is -2.26. The minimum absolute atomic E-state index is 0.0348. The van der Waals surface area contributed by atoms with Gasteiger partial charge in [-0.1, -0.05) is 18.2 Å². The Hall–Kier alpha value is -2.69. The van der Waals surface area contributed by atoms with E-state index in [2.05, 4.69) is 10.3 Å². The number of aromatic nitrogens is 1. The topological polar surface area (TPSA) is 55.1 Å². The molecule has 1 aliphatic carbocycles. The lowest BCUT2D eigenvalue weighted by Gasteiger charge is -2.05. The number of nitrogens with one attached hydrogen (secondary N) is 1. The summed E-state index contributed by atoms with van der Waals surface area (Å²) in [6, 6.07) is 11.9. The zero-order valence-corrected chi connectivity index (χ0v) is 12.5. The predicted octanol–water partition coefficient (Wildman–Crippen LogP) is 3.56. The first-order valence-corrected chi connectivity index (χ1v) is 7.54. The van der Waals surface area contributed by atoms with Crippen molar-refractivity contribution < 1.29 is 13.6 Å². The maximum absolute atomic E-state index is 13.3. The molecule has 1 amide bonds. The van der Waals surface area contributed by atoms with E-state index in [9.17, 15) is 9.18 Å². The average Bonchev–Trinajstić information content (AvgIpc) is 3.17. The van der Waals surface area contributed by atoms with Gasteiger partial charge in [0.1, 0.15) is 11.3 Å². The molecule has 1 N–H and O–H groups in total. The number of hydrogen-bond donors (Lipinski definition) is 1. The highest BCUT2D eigenvalue weighted by molar-refractivity contribution is 6.04. The van der Waals surface area contributed by atoms with Gasteiger partial charge in [0.2, 0.25) is 0 Å². The number of carbonyl (C=O) groups is 1. The van der Waals surface area contributed by atoms with Crippen LogP contribution in [0.15, 0.2) is 46.9 Å². The van der Waals surface area contributed by atoms with Crippen LogP contribution in [0.3, 0.4) is 0 Å². The van der Waals surface area contributed by atoms with Gasteiger partial charge in [-0.05, 0) is 36.2 Å². The van der Waals surface area contributed by atoms with Crippen molar-refractivity contribution in [3.8, 4) is 0 Å². The molecule has 1 aromatic heterocycles. The number of amides is 1. The molecule has 2 atom stereocenters. The zero-order chi connectivity index (χ0) is 16.0. The molecular weight excluding hydrogens is 295 g/mol. The number of para-hydroxylation sites is 1. The monoisotopic (exact) mass is 310 g/mol. The summed E-state index contributed by atoms with van der Waals surface area (Å²) in [5.41, 5.74) is 2.60. The van der Waals surface area contributed by atoms with Gasteiger partial charge in [0.15, 0.2) is 11.5 Å². The first-order valence-electron chi connectivity index (χ1n) is 7.54. The van der Waals surface area contributed by atoms with Gasteiger partial charge in [-0.15, -0.1) is 0 Å². The fourth-order valence-electron chi connectivity index (χ4n) is 2.95. The highest BCUT2D eigenvalue weighted by Crippen LogP contribution is 2.41. The van der Waals surface area contributed by atoms with Crippen LogP contribution in [0.2, 0.25) is 0 Å². The maximum Gasteiger partial charge on any atom is 0.253 e. The smallest absolute Gasteiger partial charge is 0.253 e. The van der Waals surface area contributed by atoms with Crippen LogP contribution in [0.5, 0.6) is 0 Å². The molecule has 23 heavy (non-hydrogen) atoms. The molecule has 0 spiro atoms. The summed E-state index contributed by atoms with van der Waals surface area (Å²) in [7, 11) is 0. The number of benzene rings is 2. The molecular formula is C18H15FN2O2. The first kappa shape index (κ1) is 13.9. The molecule has 0 aliphatic heterocycles. The minimum atomic E-state index is -0.248. The second kappa shape index (κ2) is 5.19. The second-order valence-corrected chi connectivity index (χ2v) is 5.86. The van der Waals surface area contributed by atoms with E-state index in [0.29, 0.717) is 22.6 Å². The number of carbonyl (C=O) groups excluding carboxylic acids is 1. The van der Waals surface area contributed by atoms with E-state index in [4.69, 9.17) is 4.42 Å². The highest BCUT2D eigenvalue weighted by atomic mass is 19.1. The lowest BCUT2D eigenvalue weighted by molar-refractivity contribution is 0.0952. The summed E-state index contributed by atoms with van der Waals surface area (Å²) in [5, 5.41) is 3.00. The van der Waals surface area contributed by atoms with Gasteiger partial charge in [0.25, 0.3) is 5.91 Å². The summed E-state index contributed by atoms with van der Waals surface area (Å²) < 4.78 is 18.7. The number of hydrogen-bond acceptors (Lipinski definition) is 3. The number of rotatable bonds is 3. The van der Waals surface area contributed by atoms with Crippen molar-refractivity contribution in [2.75, 3.05) is 0 Å². The third kappa shape index (κ3) is 2.59. The van der Waals surface area contributed by atoms with Crippen molar-refractivity contribution in [1.29, 1.82) is 0 Å². The Morgan fingerprint density at radius 3 is 2.96 bits per heavy atom. The normalized spacial score (nSPS) is 19.7. The van der Waals surface area contributed by atoms with Crippen LogP contribution in [0.25, 0.3) is 11.1 Å². The molecule has 1 aliphatic rings. The van der Waals surface area contributed by atoms with Gasteiger partial charge >= 0.3 is 0 Å². The van der Waals surface area contributed by atoms with Crippen molar-refractivity contribution in [3.63, 3.8) is 0 Å². The largest absolute Gasteiger partial charge is 0.441 e. The molecule has 0 bridgehead atoms. The van der Waals surface area contributed by atoms with Gasteiger partial charge in [-0.25, -0.2) is 9.37 Å². The van der Waals surface area contributed by atoms with Crippen molar-refractivity contribution in [2.24, 2.45) is 0 Å². The van der Waals surface area contributed by atoms with Crippen LogP contribution in [-0.4, -0.2) is 16.9 Å². The van der Waals surface area contributed by atoms with Crippen molar-refractivity contribution in [2.45, 2.75) is 25.3 Å². The second-order valence-electron chi connectivity index (χ2n) is 5.86. The fraction of sp³-hybridized carbons (Fsp3) is 0.222. The Morgan fingerprint density at radius 2 is 2.13 bits per heavy atom. The molecule has 0 radical (unpaired) electrons. The summed E-state index contributed by atoms with van der Waals surface area (Å²) in [5.74, 6) is 0.285. The van der Waals surface area contributed by atoms with Crippen molar-refractivity contribution in [3.05, 3.63) is 65.3 Å². The molecule has 4 nitrogen and oxygen atoms in total. The number of nitrogens with zero attached hydrogens (tertiary/aromatic N) is 1. The van der Waals surface area contributed by atoms with Gasteiger partial charge in [0.05, 0.1) is 5.56 Å². The summed E-state index contributed by atoms with van der Waals surface area (Å²) >= 11 is 0. The Labute approximate surface area is 132 Å². The van der Waals surface area contributed by atoms with Crippen LogP contribution in [-0.2, 0) is 0 Å². The standard InChI is InChI=1S/C18H15FN2O2/c1-10-20-17-13(6-3-7-16(17)23-10)18(22)21-15-9-14(15)11-4-2-5-12(19)8-11/h2-8,14-15H,9H2,1H3,(H,21,22)/t14-,15+/m0/s1. The van der Waals surface area contributed by atoms with E-state index in [-0.39, 0.29) is 23.7 Å². The van der Waals surface area contributed by atoms with Crippen molar-refractivity contribution in [1.82, 2.24) is 10.3 Å². The lowest BCUT2D eigenvalue weighted by atomic mass is 10.1. The number of oxazole rings is 1. The van der Waals surface area contributed by atoms with Crippen LogP contribution in [0, 0.1) is 12.7 Å². The molecule has 1 heterocycles. The molecule has 0 saturated heterocycles. The van der Waals surface area contributed by atoms with Gasteiger partial charge in [-0.2, -0.15) is 0 Å². The molecule has 2 aromatic carbocycles. The van der Waals surface area contributed by atoms with Gasteiger partial charge in [-0.3, -0.25) is 4.79 Å². The molecule has 3 aromatic rings. The van der Waals surface area contributed by atoms with Crippen LogP contribution >= 0.6 is 0 Å². The molecule has 0 unspecified atom stereocenters. The minimum Gasteiger partial charge on any atom is -0.441 e. The molecule has 1 saturated carbocycles. The first-order chi connectivity index (χ1) is 11.1. The molecule has 1 fully saturated rings. The van der Waals surface area contributed by atoms with Crippen LogP contribution in [0.1, 0.15) is 34.2 Å². The zero-order valence-electron chi connectivity index (χ0n) is 12.5. The maximum atomic E-state index is 13.3. The Balaban J connectivity index is 1.52. The molecule has 116 valence electrons. The van der Waals surface area contributed by atoms with E-state index in [1.165, 1.54) is 12.1 Å². The number of halogens is 1. The molecule has 5 heteroatoms. The third-order valence-electron chi connectivity index (χ3n) is 4.15. The van der Waals surface area contributed by atoms with Gasteiger partial charge < -0.3 is 9.73 Å².